The Kier molecular flexibility index (Phi) is 4.38. The third-order valence-electron chi connectivity index (χ3n) is 1.34. The molecule has 0 heterocycles. The van der Waals surface area contributed by atoms with Gasteiger partial charge in [-0.05, 0) is 12.1 Å². The normalized spacial score (nSPS) is 11.8. The van der Waals surface area contributed by atoms with Crippen LogP contribution in [0.4, 0.5) is 0 Å². The lowest BCUT2D eigenvalue weighted by molar-refractivity contribution is 0.489. The average molecular weight is 310 g/mol. The lowest BCUT2D eigenvalue weighted by Gasteiger charge is -2.08. The fraction of sp³-hybridized carbons (Fsp3) is 0.143. The molecule has 0 saturated carbocycles. The summed E-state index contributed by atoms with van der Waals surface area (Å²) >= 11 is 21.7. The van der Waals surface area contributed by atoms with E-state index in [-0.39, 0.29) is 15.8 Å². The highest BCUT2D eigenvalue weighted by atomic mass is 35.5. The van der Waals surface area contributed by atoms with E-state index in [1.807, 2.05) is 0 Å². The Balaban J connectivity index is 3.06. The van der Waals surface area contributed by atoms with Gasteiger partial charge in [-0.2, -0.15) is 8.42 Å². The zero-order chi connectivity index (χ0) is 11.6. The van der Waals surface area contributed by atoms with Crippen molar-refractivity contribution < 1.29 is 12.6 Å². The predicted molar refractivity (Wildman–Crippen MR) is 61.5 cm³/mol. The van der Waals surface area contributed by atoms with Crippen LogP contribution in [0.15, 0.2) is 18.2 Å². The van der Waals surface area contributed by atoms with Crippen molar-refractivity contribution in [1.82, 2.24) is 0 Å². The Morgan fingerprint density at radius 3 is 2.33 bits per heavy atom. The van der Waals surface area contributed by atoms with Crippen molar-refractivity contribution in [3.8, 4) is 5.75 Å². The van der Waals surface area contributed by atoms with Crippen molar-refractivity contribution in [3.63, 3.8) is 0 Å². The molecule has 0 radical (unpaired) electrons. The first-order chi connectivity index (χ1) is 6.84. The van der Waals surface area contributed by atoms with Crippen molar-refractivity contribution in [2.75, 3.05) is 0 Å². The van der Waals surface area contributed by atoms with Gasteiger partial charge in [-0.25, -0.2) is 0 Å². The number of benzene rings is 1. The average Bonchev–Trinajstić information content (AvgIpc) is 2.12. The van der Waals surface area contributed by atoms with Gasteiger partial charge in [0.25, 0.3) is 0 Å². The fourth-order valence-corrected chi connectivity index (χ4v) is 1.77. The Morgan fingerprint density at radius 2 is 1.80 bits per heavy atom. The third kappa shape index (κ3) is 3.29. The van der Waals surface area contributed by atoms with Gasteiger partial charge in [0.05, 0.1) is 5.02 Å². The molecule has 0 saturated heterocycles. The van der Waals surface area contributed by atoms with Crippen LogP contribution in [-0.4, -0.2) is 12.6 Å². The standard InChI is InChI=1S/C7H4Cl4O3S/c8-4-2-1-3-5(6(4)9)14-15(12,13)7(10)11/h1-3,7H. The molecular formula is C7H4Cl4O3S. The second-order valence-corrected chi connectivity index (χ2v) is 6.41. The zero-order valence-electron chi connectivity index (χ0n) is 6.95. The maximum absolute atomic E-state index is 11.2. The molecule has 0 amide bonds. The molecule has 0 aliphatic carbocycles. The summed E-state index contributed by atoms with van der Waals surface area (Å²) in [4.78, 5) is 0. The molecule has 0 aromatic heterocycles. The van der Waals surface area contributed by atoms with Gasteiger partial charge >= 0.3 is 10.1 Å². The monoisotopic (exact) mass is 308 g/mol. The Labute approximate surface area is 107 Å². The summed E-state index contributed by atoms with van der Waals surface area (Å²) < 4.78 is 25.2. The summed E-state index contributed by atoms with van der Waals surface area (Å²) in [5.41, 5.74) is 0. The summed E-state index contributed by atoms with van der Waals surface area (Å²) in [5.74, 6) is -0.115. The van der Waals surface area contributed by atoms with Gasteiger partial charge in [0.1, 0.15) is 5.02 Å². The van der Waals surface area contributed by atoms with Crippen LogP contribution in [0.2, 0.25) is 10.0 Å². The number of hydrogen-bond acceptors (Lipinski definition) is 3. The molecule has 0 fully saturated rings. The number of rotatable bonds is 3. The summed E-state index contributed by atoms with van der Waals surface area (Å²) in [6.07, 6.45) is 0. The first-order valence-electron chi connectivity index (χ1n) is 3.50. The van der Waals surface area contributed by atoms with Crippen molar-refractivity contribution in [1.29, 1.82) is 0 Å². The molecule has 0 atom stereocenters. The first-order valence-corrected chi connectivity index (χ1v) is 6.60. The van der Waals surface area contributed by atoms with Crippen LogP contribution < -0.4 is 4.18 Å². The fourth-order valence-electron chi connectivity index (χ4n) is 0.710. The molecule has 0 unspecified atom stereocenters. The summed E-state index contributed by atoms with van der Waals surface area (Å²) in [5, 5.41) is 0.154. The first kappa shape index (κ1) is 13.2. The molecular weight excluding hydrogens is 306 g/mol. The van der Waals surface area contributed by atoms with Gasteiger partial charge in [-0.1, -0.05) is 52.5 Å². The number of hydrogen-bond donors (Lipinski definition) is 0. The lowest BCUT2D eigenvalue weighted by Crippen LogP contribution is -2.16. The maximum atomic E-state index is 11.2. The van der Waals surface area contributed by atoms with Crippen LogP contribution in [0.1, 0.15) is 0 Å². The van der Waals surface area contributed by atoms with Crippen LogP contribution in [-0.2, 0) is 10.1 Å². The van der Waals surface area contributed by atoms with Crippen LogP contribution in [0, 0.1) is 0 Å². The van der Waals surface area contributed by atoms with Gasteiger partial charge in [0.2, 0.25) is 4.17 Å². The second kappa shape index (κ2) is 4.97. The second-order valence-electron chi connectivity index (χ2n) is 2.39. The van der Waals surface area contributed by atoms with Gasteiger partial charge in [-0.15, -0.1) is 0 Å². The number of alkyl halides is 2. The molecule has 84 valence electrons. The van der Waals surface area contributed by atoms with E-state index in [1.54, 1.807) is 0 Å². The van der Waals surface area contributed by atoms with E-state index in [0.717, 1.165) is 0 Å². The maximum Gasteiger partial charge on any atom is 0.340 e. The Bertz CT molecular complexity index is 457. The summed E-state index contributed by atoms with van der Waals surface area (Å²) in [6.45, 7) is 0. The van der Waals surface area contributed by atoms with E-state index in [2.05, 4.69) is 4.18 Å². The van der Waals surface area contributed by atoms with E-state index in [1.165, 1.54) is 18.2 Å². The lowest BCUT2D eigenvalue weighted by atomic mass is 10.3. The summed E-state index contributed by atoms with van der Waals surface area (Å²) in [7, 11) is -4.10. The van der Waals surface area contributed by atoms with Gasteiger partial charge < -0.3 is 4.18 Å². The molecule has 0 N–H and O–H groups in total. The molecule has 1 aromatic rings. The van der Waals surface area contributed by atoms with E-state index in [9.17, 15) is 8.42 Å². The van der Waals surface area contributed by atoms with Crippen LogP contribution in [0.5, 0.6) is 5.75 Å². The van der Waals surface area contributed by atoms with Crippen LogP contribution >= 0.6 is 46.4 Å². The molecule has 3 nitrogen and oxygen atoms in total. The molecule has 1 aromatic carbocycles. The molecule has 0 spiro atoms. The van der Waals surface area contributed by atoms with E-state index >= 15 is 0 Å². The van der Waals surface area contributed by atoms with Crippen LogP contribution in [0.3, 0.4) is 0 Å². The van der Waals surface area contributed by atoms with Crippen molar-refractivity contribution in [2.24, 2.45) is 0 Å². The van der Waals surface area contributed by atoms with Gasteiger partial charge in [0, 0.05) is 0 Å². The largest absolute Gasteiger partial charge is 0.379 e. The molecule has 15 heavy (non-hydrogen) atoms. The smallest absolute Gasteiger partial charge is 0.340 e. The van der Waals surface area contributed by atoms with Crippen LogP contribution in [0.25, 0.3) is 0 Å². The summed E-state index contributed by atoms with van der Waals surface area (Å²) in [6, 6.07) is 4.31. The van der Waals surface area contributed by atoms with E-state index in [0.29, 0.717) is 0 Å². The van der Waals surface area contributed by atoms with E-state index in [4.69, 9.17) is 46.4 Å². The molecule has 0 aliphatic rings. The zero-order valence-corrected chi connectivity index (χ0v) is 10.8. The molecule has 1 rings (SSSR count). The highest BCUT2D eigenvalue weighted by Crippen LogP contribution is 2.33. The highest BCUT2D eigenvalue weighted by Gasteiger charge is 2.24. The van der Waals surface area contributed by atoms with Crippen molar-refractivity contribution in [3.05, 3.63) is 28.2 Å². The van der Waals surface area contributed by atoms with E-state index < -0.39 is 14.3 Å². The quantitative estimate of drug-likeness (QED) is 0.634. The van der Waals surface area contributed by atoms with Gasteiger partial charge in [0.15, 0.2) is 5.75 Å². The Hall–Kier alpha value is 0.130. The highest BCUT2D eigenvalue weighted by molar-refractivity contribution is 7.90. The predicted octanol–water partition coefficient (Wildman–Crippen LogP) is 3.46. The SMILES string of the molecule is O=S(=O)(Oc1cccc(Cl)c1Cl)C(Cl)Cl. The number of halogens is 4. The topological polar surface area (TPSA) is 43.4 Å². The Morgan fingerprint density at radius 1 is 1.20 bits per heavy atom. The minimum Gasteiger partial charge on any atom is -0.379 e. The van der Waals surface area contributed by atoms with Crippen molar-refractivity contribution in [2.45, 2.75) is 4.17 Å². The minimum atomic E-state index is -4.10. The molecule has 0 bridgehead atoms. The minimum absolute atomic E-state index is 0.0169. The molecule has 8 heteroatoms. The molecule has 0 aliphatic heterocycles. The van der Waals surface area contributed by atoms with Gasteiger partial charge in [-0.3, -0.25) is 0 Å². The van der Waals surface area contributed by atoms with Crippen molar-refractivity contribution >= 4 is 56.5 Å². The third-order valence-corrected chi connectivity index (χ3v) is 4.30.